The third kappa shape index (κ3) is 3.00. The molecule has 0 amide bonds. The predicted octanol–water partition coefficient (Wildman–Crippen LogP) is 2.25. The number of aromatic nitrogens is 2. The summed E-state index contributed by atoms with van der Waals surface area (Å²) in [5, 5.41) is 3.35. The van der Waals surface area contributed by atoms with Gasteiger partial charge in [0.2, 0.25) is 0 Å². The molecule has 0 aliphatic rings. The standard InChI is InChI=1S/C14H19N5/c1-3-12-13(17-9-18-14(12)19-15)16-8-11-7-5-4-6-10(11)2/h4-7,9H,3,8,15H2,1-2H3,(H2,16,17,18,19). The van der Waals surface area contributed by atoms with Gasteiger partial charge in [-0.3, -0.25) is 0 Å². The summed E-state index contributed by atoms with van der Waals surface area (Å²) >= 11 is 0. The number of anilines is 2. The zero-order valence-electron chi connectivity index (χ0n) is 11.3. The molecule has 0 unspecified atom stereocenters. The fourth-order valence-electron chi connectivity index (χ4n) is 2.01. The molecule has 0 fully saturated rings. The van der Waals surface area contributed by atoms with Crippen LogP contribution in [0.2, 0.25) is 0 Å². The lowest BCUT2D eigenvalue weighted by Gasteiger charge is -2.13. The molecule has 0 spiro atoms. The highest BCUT2D eigenvalue weighted by Crippen LogP contribution is 2.20. The van der Waals surface area contributed by atoms with Crippen LogP contribution in [0.3, 0.4) is 0 Å². The van der Waals surface area contributed by atoms with Gasteiger partial charge in [0.1, 0.15) is 18.0 Å². The highest BCUT2D eigenvalue weighted by atomic mass is 15.3. The number of nitrogens with one attached hydrogen (secondary N) is 2. The van der Waals surface area contributed by atoms with Gasteiger partial charge in [0, 0.05) is 12.1 Å². The maximum absolute atomic E-state index is 5.46. The van der Waals surface area contributed by atoms with Gasteiger partial charge < -0.3 is 10.7 Å². The van der Waals surface area contributed by atoms with E-state index in [-0.39, 0.29) is 0 Å². The van der Waals surface area contributed by atoms with Crippen LogP contribution in [0.1, 0.15) is 23.6 Å². The number of benzene rings is 1. The van der Waals surface area contributed by atoms with Gasteiger partial charge in [0.15, 0.2) is 0 Å². The molecule has 0 bridgehead atoms. The Kier molecular flexibility index (Phi) is 4.30. The number of hydrogen-bond donors (Lipinski definition) is 3. The van der Waals surface area contributed by atoms with Crippen molar-refractivity contribution in [2.75, 3.05) is 10.7 Å². The van der Waals surface area contributed by atoms with E-state index in [0.29, 0.717) is 5.82 Å². The summed E-state index contributed by atoms with van der Waals surface area (Å²) in [6, 6.07) is 8.29. The molecule has 2 rings (SSSR count). The van der Waals surface area contributed by atoms with Gasteiger partial charge in [0.05, 0.1) is 0 Å². The molecule has 4 N–H and O–H groups in total. The van der Waals surface area contributed by atoms with Crippen LogP contribution >= 0.6 is 0 Å². The Hall–Kier alpha value is -2.14. The fraction of sp³-hybridized carbons (Fsp3) is 0.286. The number of hydrogen-bond acceptors (Lipinski definition) is 5. The van der Waals surface area contributed by atoms with Crippen LogP contribution in [-0.4, -0.2) is 9.97 Å². The molecular formula is C14H19N5. The minimum atomic E-state index is 0.671. The van der Waals surface area contributed by atoms with E-state index in [1.54, 1.807) is 0 Å². The van der Waals surface area contributed by atoms with Crippen molar-refractivity contribution in [1.82, 2.24) is 9.97 Å². The highest BCUT2D eigenvalue weighted by molar-refractivity contribution is 5.57. The Bertz CT molecular complexity index is 553. The van der Waals surface area contributed by atoms with Crippen molar-refractivity contribution in [2.45, 2.75) is 26.8 Å². The summed E-state index contributed by atoms with van der Waals surface area (Å²) in [4.78, 5) is 8.40. The topological polar surface area (TPSA) is 75.9 Å². The van der Waals surface area contributed by atoms with E-state index < -0.39 is 0 Å². The molecule has 0 radical (unpaired) electrons. The maximum atomic E-state index is 5.46. The summed E-state index contributed by atoms with van der Waals surface area (Å²) in [6.07, 6.45) is 2.32. The monoisotopic (exact) mass is 257 g/mol. The van der Waals surface area contributed by atoms with Crippen molar-refractivity contribution in [3.63, 3.8) is 0 Å². The van der Waals surface area contributed by atoms with E-state index in [1.165, 1.54) is 17.5 Å². The first-order valence-electron chi connectivity index (χ1n) is 6.35. The molecule has 0 saturated heterocycles. The Morgan fingerprint density at radius 3 is 2.58 bits per heavy atom. The van der Waals surface area contributed by atoms with Gasteiger partial charge in [-0.05, 0) is 24.5 Å². The van der Waals surface area contributed by atoms with E-state index in [9.17, 15) is 0 Å². The number of nitrogen functional groups attached to an aromatic ring is 1. The zero-order valence-corrected chi connectivity index (χ0v) is 11.3. The van der Waals surface area contributed by atoms with Crippen LogP contribution in [-0.2, 0) is 13.0 Å². The highest BCUT2D eigenvalue weighted by Gasteiger charge is 2.08. The van der Waals surface area contributed by atoms with E-state index in [4.69, 9.17) is 5.84 Å². The van der Waals surface area contributed by atoms with Crippen LogP contribution in [0.15, 0.2) is 30.6 Å². The molecule has 19 heavy (non-hydrogen) atoms. The lowest BCUT2D eigenvalue weighted by molar-refractivity contribution is 1.00. The number of hydrazine groups is 1. The van der Waals surface area contributed by atoms with Gasteiger partial charge in [-0.15, -0.1) is 0 Å². The molecule has 1 aromatic heterocycles. The predicted molar refractivity (Wildman–Crippen MR) is 77.7 cm³/mol. The smallest absolute Gasteiger partial charge is 0.148 e. The molecule has 0 aliphatic heterocycles. The molecule has 2 aromatic rings. The molecule has 1 aromatic carbocycles. The summed E-state index contributed by atoms with van der Waals surface area (Å²) in [6.45, 7) is 4.89. The zero-order chi connectivity index (χ0) is 13.7. The fourth-order valence-corrected chi connectivity index (χ4v) is 2.01. The molecule has 100 valence electrons. The van der Waals surface area contributed by atoms with Crippen LogP contribution in [0, 0.1) is 6.92 Å². The number of aryl methyl sites for hydroxylation is 1. The van der Waals surface area contributed by atoms with Gasteiger partial charge in [-0.2, -0.15) is 0 Å². The van der Waals surface area contributed by atoms with Gasteiger partial charge in [-0.1, -0.05) is 31.2 Å². The van der Waals surface area contributed by atoms with Crippen LogP contribution in [0.25, 0.3) is 0 Å². The van der Waals surface area contributed by atoms with Crippen molar-refractivity contribution in [3.8, 4) is 0 Å². The average molecular weight is 257 g/mol. The molecule has 5 nitrogen and oxygen atoms in total. The second-order valence-electron chi connectivity index (χ2n) is 4.33. The Labute approximate surface area is 113 Å². The van der Waals surface area contributed by atoms with Crippen molar-refractivity contribution in [1.29, 1.82) is 0 Å². The quantitative estimate of drug-likeness (QED) is 0.566. The lowest BCUT2D eigenvalue weighted by atomic mass is 10.1. The molecule has 5 heteroatoms. The summed E-state index contributed by atoms with van der Waals surface area (Å²) in [5.41, 5.74) is 6.12. The Balaban J connectivity index is 2.18. The van der Waals surface area contributed by atoms with Crippen molar-refractivity contribution >= 4 is 11.6 Å². The SMILES string of the molecule is CCc1c(NN)ncnc1NCc1ccccc1C. The maximum Gasteiger partial charge on any atom is 0.148 e. The van der Waals surface area contributed by atoms with E-state index in [1.807, 2.05) is 12.1 Å². The molecule has 1 heterocycles. The van der Waals surface area contributed by atoms with Gasteiger partial charge in [-0.25, -0.2) is 15.8 Å². The number of rotatable bonds is 5. The average Bonchev–Trinajstić information content (AvgIpc) is 2.45. The minimum Gasteiger partial charge on any atom is -0.366 e. The molecular weight excluding hydrogens is 238 g/mol. The third-order valence-corrected chi connectivity index (χ3v) is 3.14. The first-order chi connectivity index (χ1) is 9.26. The summed E-state index contributed by atoms with van der Waals surface area (Å²) < 4.78 is 0. The van der Waals surface area contributed by atoms with Crippen LogP contribution in [0.4, 0.5) is 11.6 Å². The third-order valence-electron chi connectivity index (χ3n) is 3.14. The minimum absolute atomic E-state index is 0.671. The summed E-state index contributed by atoms with van der Waals surface area (Å²) in [7, 11) is 0. The normalized spacial score (nSPS) is 10.3. The van der Waals surface area contributed by atoms with Gasteiger partial charge in [0.25, 0.3) is 0 Å². The van der Waals surface area contributed by atoms with E-state index in [0.717, 1.165) is 24.3 Å². The molecule has 0 atom stereocenters. The van der Waals surface area contributed by atoms with E-state index >= 15 is 0 Å². The molecule has 0 aliphatic carbocycles. The van der Waals surface area contributed by atoms with E-state index in [2.05, 4.69) is 46.7 Å². The second-order valence-corrected chi connectivity index (χ2v) is 4.33. The number of nitrogens with zero attached hydrogens (tertiary/aromatic N) is 2. The first kappa shape index (κ1) is 13.3. The van der Waals surface area contributed by atoms with Crippen LogP contribution in [0.5, 0.6) is 0 Å². The first-order valence-corrected chi connectivity index (χ1v) is 6.35. The Morgan fingerprint density at radius 2 is 1.89 bits per heavy atom. The molecule has 0 saturated carbocycles. The second kappa shape index (κ2) is 6.15. The lowest BCUT2D eigenvalue weighted by Crippen LogP contribution is -2.14. The Morgan fingerprint density at radius 1 is 1.16 bits per heavy atom. The van der Waals surface area contributed by atoms with Crippen LogP contribution < -0.4 is 16.6 Å². The largest absolute Gasteiger partial charge is 0.366 e. The van der Waals surface area contributed by atoms with Crippen molar-refractivity contribution in [3.05, 3.63) is 47.3 Å². The van der Waals surface area contributed by atoms with Crippen molar-refractivity contribution < 1.29 is 0 Å². The van der Waals surface area contributed by atoms with Crippen molar-refractivity contribution in [2.24, 2.45) is 5.84 Å². The van der Waals surface area contributed by atoms with Gasteiger partial charge >= 0.3 is 0 Å². The summed E-state index contributed by atoms with van der Waals surface area (Å²) in [5.74, 6) is 6.96. The number of nitrogens with two attached hydrogens (primary N) is 1.